The van der Waals surface area contributed by atoms with Gasteiger partial charge in [0.2, 0.25) is 0 Å². The number of benzene rings is 9. The van der Waals surface area contributed by atoms with Gasteiger partial charge in [0, 0.05) is 37.2 Å². The van der Waals surface area contributed by atoms with E-state index in [4.69, 9.17) is 0 Å². The lowest BCUT2D eigenvalue weighted by molar-refractivity contribution is 1.29. The number of nitrogens with zero attached hydrogens (tertiary/aromatic N) is 1. The van der Waals surface area contributed by atoms with Crippen molar-refractivity contribution in [1.29, 1.82) is 0 Å². The lowest BCUT2D eigenvalue weighted by Gasteiger charge is -2.27. The number of rotatable bonds is 6. The molecule has 52 heavy (non-hydrogen) atoms. The van der Waals surface area contributed by atoms with Crippen molar-refractivity contribution in [1.82, 2.24) is 0 Å². The summed E-state index contributed by atoms with van der Waals surface area (Å²) < 4.78 is 2.65. The van der Waals surface area contributed by atoms with Crippen LogP contribution in [0.3, 0.4) is 0 Å². The first-order valence-corrected chi connectivity index (χ1v) is 18.6. The van der Waals surface area contributed by atoms with E-state index in [-0.39, 0.29) is 0 Å². The van der Waals surface area contributed by atoms with Crippen molar-refractivity contribution in [3.8, 4) is 33.4 Å². The highest BCUT2D eigenvalue weighted by Gasteiger charge is 2.18. The first-order valence-electron chi connectivity index (χ1n) is 17.8. The smallest absolute Gasteiger partial charge is 0.0468 e. The van der Waals surface area contributed by atoms with Crippen molar-refractivity contribution in [3.63, 3.8) is 0 Å². The van der Waals surface area contributed by atoms with E-state index in [0.29, 0.717) is 0 Å². The molecule has 0 saturated heterocycles. The molecule has 0 aliphatic carbocycles. The molecule has 0 unspecified atom stereocenters. The molecule has 0 N–H and O–H groups in total. The van der Waals surface area contributed by atoms with E-state index < -0.39 is 0 Å². The molecular weight excluding hydrogens is 647 g/mol. The van der Waals surface area contributed by atoms with Gasteiger partial charge in [0.25, 0.3) is 0 Å². The predicted molar refractivity (Wildman–Crippen MR) is 225 cm³/mol. The summed E-state index contributed by atoms with van der Waals surface area (Å²) in [6.07, 6.45) is 0. The molecule has 10 aromatic rings. The van der Waals surface area contributed by atoms with Crippen molar-refractivity contribution in [2.45, 2.75) is 0 Å². The third-order valence-electron chi connectivity index (χ3n) is 10.3. The third-order valence-corrected chi connectivity index (χ3v) is 11.4. The van der Waals surface area contributed by atoms with E-state index in [1.807, 2.05) is 11.3 Å². The van der Waals surface area contributed by atoms with Gasteiger partial charge in [-0.3, -0.25) is 0 Å². The maximum atomic E-state index is 2.40. The van der Waals surface area contributed by atoms with Gasteiger partial charge in [-0.1, -0.05) is 152 Å². The fourth-order valence-corrected chi connectivity index (χ4v) is 8.83. The van der Waals surface area contributed by atoms with Crippen molar-refractivity contribution < 1.29 is 0 Å². The summed E-state index contributed by atoms with van der Waals surface area (Å²) in [5.41, 5.74) is 10.6. The summed E-state index contributed by atoms with van der Waals surface area (Å²) in [5, 5.41) is 7.65. The molecule has 0 aliphatic rings. The summed E-state index contributed by atoms with van der Waals surface area (Å²) >= 11 is 1.87. The highest BCUT2D eigenvalue weighted by Crippen LogP contribution is 2.43. The minimum Gasteiger partial charge on any atom is -0.310 e. The average Bonchev–Trinajstić information content (AvgIpc) is 3.60. The highest BCUT2D eigenvalue weighted by molar-refractivity contribution is 7.25. The molecule has 1 heterocycles. The van der Waals surface area contributed by atoms with Crippen LogP contribution >= 0.6 is 11.3 Å². The SMILES string of the molecule is c1ccc(-c2ccc(N(c3ccc(-c4ccc5c(c4)sc4ccccc45)cc3)c3ccc4ccc5ccccc5c4c3)cc2-c2ccccc2)cc1. The second kappa shape index (κ2) is 12.7. The minimum atomic E-state index is 1.11. The van der Waals surface area contributed by atoms with E-state index in [1.54, 1.807) is 0 Å². The molecule has 1 aromatic heterocycles. The Bertz CT molecular complexity index is 2890. The lowest BCUT2D eigenvalue weighted by Crippen LogP contribution is -2.10. The molecule has 0 bridgehead atoms. The zero-order chi connectivity index (χ0) is 34.4. The fourth-order valence-electron chi connectivity index (χ4n) is 7.68. The van der Waals surface area contributed by atoms with Crippen LogP contribution in [-0.4, -0.2) is 0 Å². The number of hydrogen-bond donors (Lipinski definition) is 0. The van der Waals surface area contributed by atoms with E-state index in [2.05, 4.69) is 205 Å². The molecule has 1 nitrogen and oxygen atoms in total. The van der Waals surface area contributed by atoms with Crippen LogP contribution in [0.1, 0.15) is 0 Å². The van der Waals surface area contributed by atoms with Crippen molar-refractivity contribution in [3.05, 3.63) is 200 Å². The lowest BCUT2D eigenvalue weighted by atomic mass is 9.93. The van der Waals surface area contributed by atoms with Crippen LogP contribution in [0.4, 0.5) is 17.1 Å². The number of fused-ring (bicyclic) bond motifs is 6. The van der Waals surface area contributed by atoms with Gasteiger partial charge in [-0.05, 0) is 103 Å². The van der Waals surface area contributed by atoms with Gasteiger partial charge in [0.1, 0.15) is 0 Å². The number of hydrogen-bond acceptors (Lipinski definition) is 2. The number of thiophene rings is 1. The first kappa shape index (κ1) is 30.4. The molecule has 0 amide bonds. The third kappa shape index (κ3) is 5.33. The van der Waals surface area contributed by atoms with E-state index in [1.165, 1.54) is 75.1 Å². The van der Waals surface area contributed by atoms with Crippen LogP contribution < -0.4 is 4.90 Å². The van der Waals surface area contributed by atoms with Gasteiger partial charge < -0.3 is 4.90 Å². The monoisotopic (exact) mass is 679 g/mol. The molecule has 0 fully saturated rings. The zero-order valence-corrected chi connectivity index (χ0v) is 29.2. The summed E-state index contributed by atoms with van der Waals surface area (Å²) in [5.74, 6) is 0. The molecule has 0 atom stereocenters. The Kier molecular flexibility index (Phi) is 7.41. The second-order valence-electron chi connectivity index (χ2n) is 13.3. The van der Waals surface area contributed by atoms with Crippen LogP contribution in [0.5, 0.6) is 0 Å². The van der Waals surface area contributed by atoms with Crippen molar-refractivity contribution in [2.24, 2.45) is 0 Å². The number of anilines is 3. The summed E-state index contributed by atoms with van der Waals surface area (Å²) in [6.45, 7) is 0. The van der Waals surface area contributed by atoms with Gasteiger partial charge in [0.15, 0.2) is 0 Å². The predicted octanol–water partition coefficient (Wildman–Crippen LogP) is 14.8. The Labute approximate surface area is 307 Å². The van der Waals surface area contributed by atoms with Crippen LogP contribution in [0.15, 0.2) is 200 Å². The van der Waals surface area contributed by atoms with E-state index in [0.717, 1.165) is 17.1 Å². The summed E-state index contributed by atoms with van der Waals surface area (Å²) in [7, 11) is 0. The molecule has 0 aliphatic heterocycles. The van der Waals surface area contributed by atoms with Crippen molar-refractivity contribution >= 4 is 70.1 Å². The van der Waals surface area contributed by atoms with Gasteiger partial charge in [-0.15, -0.1) is 11.3 Å². The zero-order valence-electron chi connectivity index (χ0n) is 28.4. The Morgan fingerprint density at radius 1 is 0.288 bits per heavy atom. The summed E-state index contributed by atoms with van der Waals surface area (Å²) in [4.78, 5) is 2.40. The summed E-state index contributed by atoms with van der Waals surface area (Å²) in [6, 6.07) is 73.0. The Morgan fingerprint density at radius 3 is 1.63 bits per heavy atom. The molecule has 2 heteroatoms. The Hall–Kier alpha value is -6.48. The first-order chi connectivity index (χ1) is 25.8. The Balaban J connectivity index is 1.14. The Morgan fingerprint density at radius 2 is 0.846 bits per heavy atom. The van der Waals surface area contributed by atoms with Gasteiger partial charge in [-0.2, -0.15) is 0 Å². The minimum absolute atomic E-state index is 1.11. The van der Waals surface area contributed by atoms with E-state index in [9.17, 15) is 0 Å². The van der Waals surface area contributed by atoms with Crippen molar-refractivity contribution in [2.75, 3.05) is 4.90 Å². The highest BCUT2D eigenvalue weighted by atomic mass is 32.1. The van der Waals surface area contributed by atoms with Gasteiger partial charge >= 0.3 is 0 Å². The standard InChI is InChI=1S/C50H33NS/c1-3-11-35(12-4-1)44-30-28-42(33-47(44)36-13-5-2-6-14-36)51(41-27-23-38-20-19-37-15-7-8-16-43(37)48(38)32-41)40-25-21-34(22-26-40)39-24-29-46-45-17-9-10-18-49(45)52-50(46)31-39/h1-33H. The van der Waals surface area contributed by atoms with Gasteiger partial charge in [-0.25, -0.2) is 0 Å². The van der Waals surface area contributed by atoms with E-state index >= 15 is 0 Å². The molecule has 0 spiro atoms. The fraction of sp³-hybridized carbons (Fsp3) is 0. The molecule has 0 saturated carbocycles. The molecule has 10 rings (SSSR count). The molecule has 0 radical (unpaired) electrons. The van der Waals surface area contributed by atoms with Crippen LogP contribution in [-0.2, 0) is 0 Å². The largest absolute Gasteiger partial charge is 0.310 e. The molecule has 9 aromatic carbocycles. The van der Waals surface area contributed by atoms with Crippen LogP contribution in [0.25, 0.3) is 75.1 Å². The molecule has 244 valence electrons. The maximum absolute atomic E-state index is 2.40. The quantitative estimate of drug-likeness (QED) is 0.158. The molecular formula is C50H33NS. The van der Waals surface area contributed by atoms with Crippen LogP contribution in [0, 0.1) is 0 Å². The topological polar surface area (TPSA) is 3.24 Å². The van der Waals surface area contributed by atoms with Crippen LogP contribution in [0.2, 0.25) is 0 Å². The van der Waals surface area contributed by atoms with Gasteiger partial charge in [0.05, 0.1) is 0 Å². The normalized spacial score (nSPS) is 11.5. The average molecular weight is 680 g/mol. The maximum Gasteiger partial charge on any atom is 0.0468 e. The second-order valence-corrected chi connectivity index (χ2v) is 14.4.